The van der Waals surface area contributed by atoms with Gasteiger partial charge in [0.2, 0.25) is 5.91 Å². The van der Waals surface area contributed by atoms with Crippen LogP contribution in [0.4, 0.5) is 0 Å². The Morgan fingerprint density at radius 1 is 1.48 bits per heavy atom. The van der Waals surface area contributed by atoms with E-state index in [4.69, 9.17) is 13.9 Å². The molecule has 8 nitrogen and oxygen atoms in total. The van der Waals surface area contributed by atoms with E-state index in [0.29, 0.717) is 32.9 Å². The molecule has 1 amide bonds. The van der Waals surface area contributed by atoms with Gasteiger partial charge in [-0.05, 0) is 12.5 Å². The van der Waals surface area contributed by atoms with Crippen molar-refractivity contribution in [3.05, 3.63) is 24.3 Å². The number of carbonyl (C=O) groups excluding carboxylic acids is 1. The predicted octanol–water partition coefficient (Wildman–Crippen LogP) is 0.590. The van der Waals surface area contributed by atoms with Gasteiger partial charge in [0.25, 0.3) is 0 Å². The van der Waals surface area contributed by atoms with E-state index < -0.39 is 0 Å². The molecule has 1 fully saturated rings. The van der Waals surface area contributed by atoms with E-state index in [9.17, 15) is 4.79 Å². The van der Waals surface area contributed by atoms with Crippen LogP contribution in [0.15, 0.2) is 23.0 Å². The van der Waals surface area contributed by atoms with Gasteiger partial charge in [-0.2, -0.15) is 0 Å². The summed E-state index contributed by atoms with van der Waals surface area (Å²) in [7, 11) is 0. The number of hydrogen-bond acceptors (Lipinski definition) is 6. The van der Waals surface area contributed by atoms with Gasteiger partial charge in [0.1, 0.15) is 5.69 Å². The summed E-state index contributed by atoms with van der Waals surface area (Å²) in [6, 6.07) is 1.85. The molecule has 2 atom stereocenters. The fourth-order valence-electron chi connectivity index (χ4n) is 2.91. The van der Waals surface area contributed by atoms with Crippen LogP contribution >= 0.6 is 0 Å². The van der Waals surface area contributed by atoms with Crippen LogP contribution in [-0.4, -0.2) is 46.8 Å². The van der Waals surface area contributed by atoms with Gasteiger partial charge >= 0.3 is 0 Å². The topological polar surface area (TPSA) is 91.4 Å². The maximum Gasteiger partial charge on any atom is 0.225 e. The summed E-state index contributed by atoms with van der Waals surface area (Å²) in [5.74, 6) is 0.00258. The van der Waals surface area contributed by atoms with Crippen LogP contribution in [0.5, 0.6) is 0 Å². The second kappa shape index (κ2) is 6.13. The molecule has 0 unspecified atom stereocenters. The summed E-state index contributed by atoms with van der Waals surface area (Å²) >= 11 is 0. The van der Waals surface area contributed by atoms with Gasteiger partial charge in [-0.25, -0.2) is 4.68 Å². The van der Waals surface area contributed by atoms with Crippen molar-refractivity contribution in [3.8, 4) is 11.3 Å². The summed E-state index contributed by atoms with van der Waals surface area (Å²) in [6.07, 6.45) is 3.93. The molecule has 1 saturated heterocycles. The lowest BCUT2D eigenvalue weighted by Gasteiger charge is -2.24. The predicted molar refractivity (Wildman–Crippen MR) is 78.2 cm³/mol. The Hall–Kier alpha value is -2.19. The van der Waals surface area contributed by atoms with E-state index in [1.54, 1.807) is 12.5 Å². The maximum absolute atomic E-state index is 12.0. The molecule has 0 bridgehead atoms. The molecule has 2 aromatic rings. The minimum absolute atomic E-state index is 0.0341. The molecule has 4 rings (SSSR count). The van der Waals surface area contributed by atoms with Crippen LogP contribution in [0.3, 0.4) is 0 Å². The largest absolute Gasteiger partial charge is 0.472 e. The second-order valence-electron chi connectivity index (χ2n) is 5.82. The number of nitrogens with zero attached hydrogens (tertiary/aromatic N) is 3. The van der Waals surface area contributed by atoms with Crippen LogP contribution < -0.4 is 5.32 Å². The van der Waals surface area contributed by atoms with Gasteiger partial charge in [0.15, 0.2) is 0 Å². The highest BCUT2D eigenvalue weighted by Crippen LogP contribution is 2.25. The van der Waals surface area contributed by atoms with E-state index in [2.05, 4.69) is 15.6 Å². The van der Waals surface area contributed by atoms with E-state index in [1.165, 1.54) is 0 Å². The molecule has 2 aromatic heterocycles. The monoisotopic (exact) mass is 318 g/mol. The van der Waals surface area contributed by atoms with Crippen LogP contribution in [-0.2, 0) is 27.4 Å². The third kappa shape index (κ3) is 2.87. The van der Waals surface area contributed by atoms with Gasteiger partial charge in [-0.3, -0.25) is 4.79 Å². The Kier molecular flexibility index (Phi) is 3.84. The van der Waals surface area contributed by atoms with Gasteiger partial charge in [-0.15, -0.1) is 5.10 Å². The average Bonchev–Trinajstić information content (AvgIpc) is 3.32. The average molecular weight is 318 g/mol. The first-order valence-corrected chi connectivity index (χ1v) is 7.73. The van der Waals surface area contributed by atoms with Gasteiger partial charge < -0.3 is 19.2 Å². The van der Waals surface area contributed by atoms with E-state index in [-0.39, 0.29) is 17.9 Å². The number of ether oxygens (including phenoxy) is 2. The minimum Gasteiger partial charge on any atom is -0.472 e. The highest BCUT2D eigenvalue weighted by molar-refractivity contribution is 5.79. The molecule has 8 heteroatoms. The first kappa shape index (κ1) is 14.4. The molecule has 1 N–H and O–H groups in total. The molecule has 4 heterocycles. The molecular weight excluding hydrogens is 300 g/mol. The summed E-state index contributed by atoms with van der Waals surface area (Å²) in [4.78, 5) is 12.0. The fourth-order valence-corrected chi connectivity index (χ4v) is 2.91. The number of hydrogen-bond donors (Lipinski definition) is 1. The van der Waals surface area contributed by atoms with Gasteiger partial charge in [-0.1, -0.05) is 5.21 Å². The van der Waals surface area contributed by atoms with Gasteiger partial charge in [0.05, 0.1) is 50.0 Å². The maximum atomic E-state index is 12.0. The summed E-state index contributed by atoms with van der Waals surface area (Å²) < 4.78 is 18.0. The van der Waals surface area contributed by atoms with Crippen molar-refractivity contribution in [2.45, 2.75) is 25.7 Å². The molecule has 0 saturated carbocycles. The number of nitrogens with one attached hydrogen (secondary N) is 1. The number of carbonyl (C=O) groups is 1. The number of rotatable bonds is 4. The van der Waals surface area contributed by atoms with Crippen LogP contribution in [0.1, 0.15) is 12.1 Å². The molecule has 0 radical (unpaired) electrons. The number of fused-ring (bicyclic) bond motifs is 1. The Morgan fingerprint density at radius 3 is 3.22 bits per heavy atom. The van der Waals surface area contributed by atoms with E-state index in [0.717, 1.165) is 23.4 Å². The first-order chi connectivity index (χ1) is 11.3. The van der Waals surface area contributed by atoms with Gasteiger partial charge in [0, 0.05) is 18.7 Å². The second-order valence-corrected chi connectivity index (χ2v) is 5.82. The Morgan fingerprint density at radius 2 is 2.43 bits per heavy atom. The summed E-state index contributed by atoms with van der Waals surface area (Å²) in [5, 5.41) is 11.3. The van der Waals surface area contributed by atoms with Crippen LogP contribution in [0.2, 0.25) is 0 Å². The zero-order valence-corrected chi connectivity index (χ0v) is 12.6. The van der Waals surface area contributed by atoms with Crippen molar-refractivity contribution in [3.63, 3.8) is 0 Å². The SMILES string of the molecule is O=C(NC[C@@H]1Cn2nnc(-c3ccoc3)c2CO1)[C@@H]1CCOC1. The van der Waals surface area contributed by atoms with Crippen molar-refractivity contribution in [2.24, 2.45) is 5.92 Å². The van der Waals surface area contributed by atoms with Crippen molar-refractivity contribution in [1.29, 1.82) is 0 Å². The zero-order chi connectivity index (χ0) is 15.6. The normalized spacial score (nSPS) is 23.7. The van der Waals surface area contributed by atoms with E-state index in [1.807, 2.05) is 10.7 Å². The summed E-state index contributed by atoms with van der Waals surface area (Å²) in [6.45, 7) is 2.63. The lowest BCUT2D eigenvalue weighted by atomic mass is 10.1. The first-order valence-electron chi connectivity index (χ1n) is 7.73. The third-order valence-electron chi connectivity index (χ3n) is 4.27. The Bertz CT molecular complexity index is 676. The van der Waals surface area contributed by atoms with E-state index >= 15 is 0 Å². The van der Waals surface area contributed by atoms with Crippen LogP contribution in [0.25, 0.3) is 11.3 Å². The number of aromatic nitrogens is 3. The quantitative estimate of drug-likeness (QED) is 0.887. The minimum atomic E-state index is -0.104. The standard InChI is InChI=1S/C15H18N4O4/c20-15(11-2-4-22-8-11)16-5-12-6-19-13(9-23-12)14(17-18-19)10-1-3-21-7-10/h1,3,7,11-12H,2,4-6,8-9H2,(H,16,20)/t11-,12-/m1/s1. The Balaban J connectivity index is 1.37. The number of amides is 1. The smallest absolute Gasteiger partial charge is 0.225 e. The molecule has 2 aliphatic heterocycles. The lowest BCUT2D eigenvalue weighted by molar-refractivity contribution is -0.126. The molecule has 0 aromatic carbocycles. The zero-order valence-electron chi connectivity index (χ0n) is 12.6. The molecule has 0 spiro atoms. The van der Waals surface area contributed by atoms with Crippen molar-refractivity contribution >= 4 is 5.91 Å². The van der Waals surface area contributed by atoms with Crippen molar-refractivity contribution in [1.82, 2.24) is 20.3 Å². The van der Waals surface area contributed by atoms with Crippen molar-refractivity contribution < 1.29 is 18.7 Å². The Labute approximate surface area is 132 Å². The lowest BCUT2D eigenvalue weighted by Crippen LogP contribution is -2.41. The highest BCUT2D eigenvalue weighted by Gasteiger charge is 2.27. The molecule has 23 heavy (non-hydrogen) atoms. The number of furan rings is 1. The summed E-state index contributed by atoms with van der Waals surface area (Å²) in [5.41, 5.74) is 2.60. The third-order valence-corrected chi connectivity index (χ3v) is 4.27. The van der Waals surface area contributed by atoms with Crippen molar-refractivity contribution in [2.75, 3.05) is 19.8 Å². The fraction of sp³-hybridized carbons (Fsp3) is 0.533. The molecular formula is C15H18N4O4. The molecule has 122 valence electrons. The van der Waals surface area contributed by atoms with Crippen LogP contribution in [0, 0.1) is 5.92 Å². The highest BCUT2D eigenvalue weighted by atomic mass is 16.5. The molecule has 2 aliphatic rings. The molecule has 0 aliphatic carbocycles.